The molecule has 2 aliphatic heterocycles. The van der Waals surface area contributed by atoms with Crippen molar-refractivity contribution in [3.8, 4) is 23.0 Å². The summed E-state index contributed by atoms with van der Waals surface area (Å²) in [6, 6.07) is 42.7. The SMILES string of the molecule is CC(C)c1ccc2c(c1)B1c3cc(C(C)C)ccc3Oc3cc(N(c4ccccc4)c4cccc5c4oc4ccccc45)cc(c31)O2. The molecule has 0 N–H and O–H groups in total. The fourth-order valence-corrected chi connectivity index (χ4v) is 7.29. The Labute approximate surface area is 275 Å². The lowest BCUT2D eigenvalue weighted by Gasteiger charge is -2.35. The van der Waals surface area contributed by atoms with Gasteiger partial charge in [-0.3, -0.25) is 0 Å². The first kappa shape index (κ1) is 27.9. The van der Waals surface area contributed by atoms with Crippen molar-refractivity contribution in [3.05, 3.63) is 132 Å². The van der Waals surface area contributed by atoms with Crippen molar-refractivity contribution in [2.24, 2.45) is 0 Å². The van der Waals surface area contributed by atoms with E-state index in [1.807, 2.05) is 18.2 Å². The van der Waals surface area contributed by atoms with E-state index < -0.39 is 0 Å². The van der Waals surface area contributed by atoms with Gasteiger partial charge in [0.2, 0.25) is 0 Å². The third kappa shape index (κ3) is 4.37. The van der Waals surface area contributed by atoms with Crippen LogP contribution < -0.4 is 30.8 Å². The molecule has 0 fully saturated rings. The molecule has 0 saturated heterocycles. The largest absolute Gasteiger partial charge is 0.458 e. The number of furan rings is 1. The van der Waals surface area contributed by atoms with Crippen molar-refractivity contribution in [2.45, 2.75) is 39.5 Å². The first-order valence-corrected chi connectivity index (χ1v) is 16.5. The van der Waals surface area contributed by atoms with Gasteiger partial charge in [-0.15, -0.1) is 0 Å². The van der Waals surface area contributed by atoms with E-state index in [0.717, 1.165) is 67.5 Å². The number of nitrogens with zero attached hydrogens (tertiary/aromatic N) is 1. The molecule has 0 amide bonds. The van der Waals surface area contributed by atoms with Crippen LogP contribution in [-0.4, -0.2) is 6.71 Å². The van der Waals surface area contributed by atoms with Crippen molar-refractivity contribution in [1.82, 2.24) is 0 Å². The van der Waals surface area contributed by atoms with Crippen LogP contribution >= 0.6 is 0 Å². The highest BCUT2D eigenvalue weighted by molar-refractivity contribution is 6.98. The average Bonchev–Trinajstić information content (AvgIpc) is 3.48. The summed E-state index contributed by atoms with van der Waals surface area (Å²) in [5.74, 6) is 4.22. The van der Waals surface area contributed by atoms with Crippen molar-refractivity contribution in [2.75, 3.05) is 4.90 Å². The molecule has 7 aromatic rings. The van der Waals surface area contributed by atoms with Crippen molar-refractivity contribution in [3.63, 3.8) is 0 Å². The maximum atomic E-state index is 6.82. The lowest BCUT2D eigenvalue weighted by Crippen LogP contribution is -2.57. The zero-order valence-corrected chi connectivity index (χ0v) is 27.0. The first-order valence-electron chi connectivity index (χ1n) is 16.5. The highest BCUT2D eigenvalue weighted by Gasteiger charge is 2.41. The molecule has 9 rings (SSSR count). The number of hydrogen-bond donors (Lipinski definition) is 0. The van der Waals surface area contributed by atoms with Crippen LogP contribution in [0.3, 0.4) is 0 Å². The van der Waals surface area contributed by atoms with Crippen LogP contribution in [0.25, 0.3) is 21.9 Å². The number of rotatable bonds is 5. The molecule has 0 atom stereocenters. The summed E-state index contributed by atoms with van der Waals surface area (Å²) in [4.78, 5) is 2.25. The van der Waals surface area contributed by atoms with Crippen LogP contribution in [0.4, 0.5) is 17.1 Å². The Morgan fingerprint density at radius 2 is 1.13 bits per heavy atom. The molecule has 2 aliphatic rings. The van der Waals surface area contributed by atoms with E-state index in [2.05, 4.69) is 136 Å². The Bertz CT molecular complexity index is 2260. The topological polar surface area (TPSA) is 34.8 Å². The van der Waals surface area contributed by atoms with Crippen molar-refractivity contribution >= 4 is 62.1 Å². The van der Waals surface area contributed by atoms with Gasteiger partial charge in [-0.2, -0.15) is 0 Å². The summed E-state index contributed by atoms with van der Waals surface area (Å²) in [5.41, 5.74) is 10.7. The van der Waals surface area contributed by atoms with Gasteiger partial charge in [0.15, 0.2) is 5.58 Å². The predicted octanol–water partition coefficient (Wildman–Crippen LogP) is 10.0. The summed E-state index contributed by atoms with van der Waals surface area (Å²) in [6.45, 7) is 8.97. The Kier molecular flexibility index (Phi) is 6.26. The Balaban J connectivity index is 1.29. The van der Waals surface area contributed by atoms with E-state index in [1.165, 1.54) is 22.1 Å². The third-order valence-corrected chi connectivity index (χ3v) is 9.74. The lowest BCUT2D eigenvalue weighted by atomic mass is 9.34. The Morgan fingerprint density at radius 1 is 0.532 bits per heavy atom. The van der Waals surface area contributed by atoms with E-state index in [1.54, 1.807) is 0 Å². The monoisotopic (exact) mass is 611 g/mol. The average molecular weight is 612 g/mol. The predicted molar refractivity (Wildman–Crippen MR) is 194 cm³/mol. The molecule has 5 heteroatoms. The fraction of sp³-hybridized carbons (Fsp3) is 0.143. The van der Waals surface area contributed by atoms with Crippen LogP contribution in [0, 0.1) is 0 Å². The standard InChI is InChI=1S/C42H34BNO3/c1-25(2)27-17-19-37-33(21-27)43-34-22-28(26(3)4)18-20-38(34)46-40-24-30(23-39(45-37)41(40)43)44(29-11-6-5-7-12-29)35-15-10-14-32-31-13-8-9-16-36(31)47-42(32)35/h5-26H,1-4H3. The quantitative estimate of drug-likeness (QED) is 0.182. The smallest absolute Gasteiger partial charge is 0.260 e. The summed E-state index contributed by atoms with van der Waals surface area (Å²) >= 11 is 0. The molecular weight excluding hydrogens is 577 g/mol. The summed E-state index contributed by atoms with van der Waals surface area (Å²) in [5, 5.41) is 2.18. The second-order valence-corrected chi connectivity index (χ2v) is 13.3. The minimum atomic E-state index is 0.00271. The normalized spacial score (nSPS) is 12.9. The molecule has 6 aromatic carbocycles. The van der Waals surface area contributed by atoms with Gasteiger partial charge in [0.25, 0.3) is 6.71 Å². The molecule has 0 unspecified atom stereocenters. The molecule has 47 heavy (non-hydrogen) atoms. The minimum Gasteiger partial charge on any atom is -0.458 e. The van der Waals surface area contributed by atoms with Gasteiger partial charge in [-0.1, -0.05) is 100 Å². The van der Waals surface area contributed by atoms with Gasteiger partial charge in [-0.25, -0.2) is 0 Å². The summed E-state index contributed by atoms with van der Waals surface area (Å²) < 4.78 is 20.2. The highest BCUT2D eigenvalue weighted by atomic mass is 16.5. The molecule has 228 valence electrons. The van der Waals surface area contributed by atoms with Crippen LogP contribution in [0.1, 0.15) is 50.7 Å². The maximum absolute atomic E-state index is 6.82. The van der Waals surface area contributed by atoms with Gasteiger partial charge in [0.1, 0.15) is 28.6 Å². The van der Waals surface area contributed by atoms with Crippen molar-refractivity contribution in [1.29, 1.82) is 0 Å². The number of hydrogen-bond acceptors (Lipinski definition) is 4. The van der Waals surface area contributed by atoms with Crippen molar-refractivity contribution < 1.29 is 13.9 Å². The molecular formula is C42H34BNO3. The van der Waals surface area contributed by atoms with Gasteiger partial charge >= 0.3 is 0 Å². The molecule has 3 heterocycles. The number of fused-ring (bicyclic) bond motifs is 7. The van der Waals surface area contributed by atoms with E-state index in [9.17, 15) is 0 Å². The summed E-state index contributed by atoms with van der Waals surface area (Å²) in [7, 11) is 0. The molecule has 4 nitrogen and oxygen atoms in total. The van der Waals surface area contributed by atoms with Gasteiger partial charge in [-0.05, 0) is 70.3 Å². The third-order valence-electron chi connectivity index (χ3n) is 9.74. The Hall–Kier alpha value is -5.42. The number of ether oxygens (including phenoxy) is 2. The maximum Gasteiger partial charge on any atom is 0.260 e. The van der Waals surface area contributed by atoms with E-state index in [-0.39, 0.29) is 6.71 Å². The number of anilines is 3. The molecule has 0 radical (unpaired) electrons. The zero-order valence-electron chi connectivity index (χ0n) is 27.0. The highest BCUT2D eigenvalue weighted by Crippen LogP contribution is 2.45. The number of para-hydroxylation sites is 3. The second-order valence-electron chi connectivity index (χ2n) is 13.3. The zero-order chi connectivity index (χ0) is 31.8. The minimum absolute atomic E-state index is 0.00271. The second kappa shape index (κ2) is 10.6. The van der Waals surface area contributed by atoms with E-state index in [4.69, 9.17) is 13.9 Å². The fourth-order valence-electron chi connectivity index (χ4n) is 7.29. The molecule has 0 aliphatic carbocycles. The van der Waals surface area contributed by atoms with Gasteiger partial charge in [0.05, 0.1) is 11.4 Å². The molecule has 1 aromatic heterocycles. The van der Waals surface area contributed by atoms with Crippen LogP contribution in [0.5, 0.6) is 23.0 Å². The lowest BCUT2D eigenvalue weighted by molar-refractivity contribution is 0.464. The molecule has 0 bridgehead atoms. The Morgan fingerprint density at radius 3 is 1.77 bits per heavy atom. The van der Waals surface area contributed by atoms with Crippen LogP contribution in [0.15, 0.2) is 126 Å². The van der Waals surface area contributed by atoms with Gasteiger partial charge < -0.3 is 18.8 Å². The molecule has 0 spiro atoms. The summed E-state index contributed by atoms with van der Waals surface area (Å²) in [6.07, 6.45) is 0. The van der Waals surface area contributed by atoms with E-state index >= 15 is 0 Å². The molecule has 0 saturated carbocycles. The van der Waals surface area contributed by atoms with Crippen LogP contribution in [0.2, 0.25) is 0 Å². The van der Waals surface area contributed by atoms with Crippen LogP contribution in [-0.2, 0) is 0 Å². The first-order chi connectivity index (χ1) is 22.9. The van der Waals surface area contributed by atoms with E-state index in [0.29, 0.717) is 11.8 Å². The number of benzene rings is 6. The van der Waals surface area contributed by atoms with Gasteiger partial charge in [0, 0.05) is 34.1 Å².